The lowest BCUT2D eigenvalue weighted by Crippen LogP contribution is -2.42. The number of anilines is 1. The molecule has 3 N–H and O–H groups in total. The van der Waals surface area contributed by atoms with Crippen molar-refractivity contribution >= 4 is 33.9 Å². The zero-order valence-electron chi connectivity index (χ0n) is 14.5. The molecule has 24 heavy (non-hydrogen) atoms. The zero-order valence-corrected chi connectivity index (χ0v) is 16.1. The van der Waals surface area contributed by atoms with Gasteiger partial charge < -0.3 is 20.8 Å². The Hall–Kier alpha value is -1.56. The fraction of sp³-hybridized carbons (Fsp3) is 0.556. The first-order valence-corrected chi connectivity index (χ1v) is 9.12. The maximum atomic E-state index is 11.8. The topological polar surface area (TPSA) is 74.2 Å². The van der Waals surface area contributed by atoms with E-state index in [4.69, 9.17) is 10.1 Å². The van der Waals surface area contributed by atoms with Crippen LogP contribution in [0.2, 0.25) is 0 Å². The van der Waals surface area contributed by atoms with E-state index in [-0.39, 0.29) is 12.1 Å². The lowest BCUT2D eigenvalue weighted by molar-refractivity contribution is 0.0492. The molecule has 0 heterocycles. The van der Waals surface area contributed by atoms with Crippen molar-refractivity contribution < 1.29 is 9.53 Å². The molecule has 0 aliphatic heterocycles. The summed E-state index contributed by atoms with van der Waals surface area (Å²) in [5, 5.41) is 14.0. The molecule has 0 unspecified atom stereocenters. The quantitative estimate of drug-likeness (QED) is 0.646. The molecule has 2 rings (SSSR count). The van der Waals surface area contributed by atoms with Gasteiger partial charge in [0.15, 0.2) is 0 Å². The van der Waals surface area contributed by atoms with Crippen molar-refractivity contribution in [2.75, 3.05) is 5.32 Å². The van der Waals surface area contributed by atoms with E-state index in [0.717, 1.165) is 41.4 Å². The molecule has 6 heteroatoms. The van der Waals surface area contributed by atoms with Gasteiger partial charge in [0.2, 0.25) is 0 Å². The van der Waals surface area contributed by atoms with Crippen LogP contribution >= 0.6 is 15.9 Å². The minimum absolute atomic E-state index is 0.171. The summed E-state index contributed by atoms with van der Waals surface area (Å²) < 4.78 is 6.28. The highest BCUT2D eigenvalue weighted by Crippen LogP contribution is 2.25. The van der Waals surface area contributed by atoms with Crippen LogP contribution in [0.5, 0.6) is 0 Å². The molecule has 0 bridgehead atoms. The molecular weight excluding hydrogens is 370 g/mol. The van der Waals surface area contributed by atoms with Gasteiger partial charge in [-0.2, -0.15) is 0 Å². The van der Waals surface area contributed by atoms with E-state index in [1.165, 1.54) is 6.21 Å². The van der Waals surface area contributed by atoms with Crippen LogP contribution in [0.25, 0.3) is 0 Å². The highest BCUT2D eigenvalue weighted by molar-refractivity contribution is 9.10. The molecule has 1 amide bonds. The molecule has 0 radical (unpaired) electrons. The molecule has 0 aromatic heterocycles. The minimum Gasteiger partial charge on any atom is -0.444 e. The Morgan fingerprint density at radius 2 is 1.88 bits per heavy atom. The van der Waals surface area contributed by atoms with Crippen LogP contribution in [-0.4, -0.2) is 30.0 Å². The second-order valence-electron chi connectivity index (χ2n) is 7.22. The number of carbonyl (C=O) groups is 1. The van der Waals surface area contributed by atoms with E-state index in [1.807, 2.05) is 39.0 Å². The van der Waals surface area contributed by atoms with Gasteiger partial charge in [-0.05, 0) is 64.7 Å². The third-order valence-corrected chi connectivity index (χ3v) is 4.47. The maximum absolute atomic E-state index is 11.8. The van der Waals surface area contributed by atoms with Crippen molar-refractivity contribution in [3.8, 4) is 0 Å². The Kier molecular flexibility index (Phi) is 6.27. The number of rotatable bonds is 4. The van der Waals surface area contributed by atoms with E-state index in [1.54, 1.807) is 0 Å². The van der Waals surface area contributed by atoms with E-state index in [9.17, 15) is 4.79 Å². The number of halogens is 1. The Morgan fingerprint density at radius 1 is 1.25 bits per heavy atom. The zero-order chi connectivity index (χ0) is 17.7. The molecule has 1 aliphatic rings. The van der Waals surface area contributed by atoms with Crippen molar-refractivity contribution in [3.05, 3.63) is 28.2 Å². The van der Waals surface area contributed by atoms with Crippen LogP contribution in [0.15, 0.2) is 22.7 Å². The number of alkyl carbamates (subject to hydrolysis) is 1. The predicted molar refractivity (Wildman–Crippen MR) is 101 cm³/mol. The second kappa shape index (κ2) is 8.01. The average Bonchev–Trinajstić information content (AvgIpc) is 2.49. The third-order valence-electron chi connectivity index (χ3n) is 3.98. The monoisotopic (exact) mass is 395 g/mol. The SMILES string of the molecule is CC(C)(C)OC(=O)NC1CCC(Nc2ccc(Br)cc2C=N)CC1. The second-order valence-corrected chi connectivity index (χ2v) is 8.13. The number of hydrogen-bond donors (Lipinski definition) is 3. The minimum atomic E-state index is -0.465. The van der Waals surface area contributed by atoms with E-state index in [0.29, 0.717) is 6.04 Å². The number of amides is 1. The van der Waals surface area contributed by atoms with Crippen LogP contribution in [0.3, 0.4) is 0 Å². The van der Waals surface area contributed by atoms with Gasteiger partial charge in [0, 0.05) is 34.0 Å². The molecule has 5 nitrogen and oxygen atoms in total. The molecule has 132 valence electrons. The van der Waals surface area contributed by atoms with Crippen molar-refractivity contribution in [2.24, 2.45) is 0 Å². The molecule has 1 aromatic rings. The molecule has 1 aliphatic carbocycles. The van der Waals surface area contributed by atoms with Crippen LogP contribution in [0.4, 0.5) is 10.5 Å². The highest BCUT2D eigenvalue weighted by Gasteiger charge is 2.25. The van der Waals surface area contributed by atoms with Gasteiger partial charge in [-0.1, -0.05) is 15.9 Å². The summed E-state index contributed by atoms with van der Waals surface area (Å²) in [7, 11) is 0. The van der Waals surface area contributed by atoms with Gasteiger partial charge in [0.1, 0.15) is 5.60 Å². The van der Waals surface area contributed by atoms with Crippen molar-refractivity contribution in [2.45, 2.75) is 64.1 Å². The predicted octanol–water partition coefficient (Wildman–Crippen LogP) is 4.69. The van der Waals surface area contributed by atoms with Gasteiger partial charge in [-0.15, -0.1) is 0 Å². The summed E-state index contributed by atoms with van der Waals surface area (Å²) in [6, 6.07) is 6.44. The molecule has 0 spiro atoms. The smallest absolute Gasteiger partial charge is 0.407 e. The number of hydrogen-bond acceptors (Lipinski definition) is 4. The van der Waals surface area contributed by atoms with Gasteiger partial charge in [-0.3, -0.25) is 0 Å². The molecule has 1 saturated carbocycles. The summed E-state index contributed by atoms with van der Waals surface area (Å²) in [5.41, 5.74) is 1.39. The Balaban J connectivity index is 1.83. The first-order valence-electron chi connectivity index (χ1n) is 8.33. The van der Waals surface area contributed by atoms with Gasteiger partial charge in [0.25, 0.3) is 0 Å². The van der Waals surface area contributed by atoms with Crippen LogP contribution in [0.1, 0.15) is 52.0 Å². The highest BCUT2D eigenvalue weighted by atomic mass is 79.9. The number of benzene rings is 1. The Bertz CT molecular complexity index is 590. The maximum Gasteiger partial charge on any atom is 0.407 e. The van der Waals surface area contributed by atoms with Crippen molar-refractivity contribution in [1.82, 2.24) is 5.32 Å². The molecule has 0 atom stereocenters. The molecule has 1 aromatic carbocycles. The summed E-state index contributed by atoms with van der Waals surface area (Å²) in [6.45, 7) is 5.60. The first-order chi connectivity index (χ1) is 11.3. The van der Waals surface area contributed by atoms with E-state index < -0.39 is 5.60 Å². The fourth-order valence-corrected chi connectivity index (χ4v) is 3.24. The van der Waals surface area contributed by atoms with Crippen molar-refractivity contribution in [3.63, 3.8) is 0 Å². The Morgan fingerprint density at radius 3 is 2.46 bits per heavy atom. The summed E-state index contributed by atoms with van der Waals surface area (Å²) in [5.74, 6) is 0. The lowest BCUT2D eigenvalue weighted by Gasteiger charge is -2.31. The van der Waals surface area contributed by atoms with Crippen LogP contribution < -0.4 is 10.6 Å². The lowest BCUT2D eigenvalue weighted by atomic mass is 9.91. The average molecular weight is 396 g/mol. The summed E-state index contributed by atoms with van der Waals surface area (Å²) in [6.07, 6.45) is 4.84. The molecule has 0 saturated heterocycles. The van der Waals surface area contributed by atoms with E-state index in [2.05, 4.69) is 26.6 Å². The van der Waals surface area contributed by atoms with Crippen LogP contribution in [0, 0.1) is 5.41 Å². The summed E-state index contributed by atoms with van der Waals surface area (Å²) in [4.78, 5) is 11.8. The van der Waals surface area contributed by atoms with Gasteiger partial charge in [-0.25, -0.2) is 4.79 Å². The van der Waals surface area contributed by atoms with E-state index >= 15 is 0 Å². The Labute approximate surface area is 152 Å². The largest absolute Gasteiger partial charge is 0.444 e. The van der Waals surface area contributed by atoms with Crippen molar-refractivity contribution in [1.29, 1.82) is 5.41 Å². The first kappa shape index (κ1) is 18.8. The fourth-order valence-electron chi connectivity index (χ4n) is 2.86. The van der Waals surface area contributed by atoms with Gasteiger partial charge in [0.05, 0.1) is 0 Å². The molecule has 1 fully saturated rings. The number of nitrogens with one attached hydrogen (secondary N) is 3. The number of ether oxygens (including phenoxy) is 1. The normalized spacial score (nSPS) is 21.0. The standard InChI is InChI=1S/C18H26BrN3O2/c1-18(2,3)24-17(23)22-15-7-5-14(6-8-15)21-16-9-4-13(19)10-12(16)11-20/h4,9-11,14-15,20-21H,5-8H2,1-3H3,(H,22,23). The molecular formula is C18H26BrN3O2. The van der Waals surface area contributed by atoms with Crippen LogP contribution in [-0.2, 0) is 4.74 Å². The summed E-state index contributed by atoms with van der Waals surface area (Å²) >= 11 is 3.43. The third kappa shape index (κ3) is 5.82. The number of carbonyl (C=O) groups excluding carboxylic acids is 1. The van der Waals surface area contributed by atoms with Gasteiger partial charge >= 0.3 is 6.09 Å².